The number of carbonyl (C=O) groups is 1. The maximum Gasteiger partial charge on any atom is 0.312 e. The molecule has 1 rings (SSSR count). The Morgan fingerprint density at radius 1 is 1.39 bits per heavy atom. The van der Waals surface area contributed by atoms with Crippen molar-refractivity contribution in [1.82, 2.24) is 0 Å². The van der Waals surface area contributed by atoms with Crippen molar-refractivity contribution in [3.63, 3.8) is 0 Å². The SMILES string of the molecule is CCOC(=O)C(C(C)C)C(O)c1cccc(O)c1. The first kappa shape index (κ1) is 14.5. The van der Waals surface area contributed by atoms with Gasteiger partial charge in [0.05, 0.1) is 18.6 Å². The van der Waals surface area contributed by atoms with E-state index in [0.717, 1.165) is 0 Å². The fourth-order valence-corrected chi connectivity index (χ4v) is 1.92. The Morgan fingerprint density at radius 2 is 2.06 bits per heavy atom. The predicted octanol–water partition coefficient (Wildman–Crippen LogP) is 2.26. The monoisotopic (exact) mass is 252 g/mol. The maximum absolute atomic E-state index is 11.8. The highest BCUT2D eigenvalue weighted by molar-refractivity contribution is 5.73. The molecule has 0 bridgehead atoms. The van der Waals surface area contributed by atoms with Crippen LogP contribution in [0.3, 0.4) is 0 Å². The van der Waals surface area contributed by atoms with Crippen molar-refractivity contribution in [2.24, 2.45) is 11.8 Å². The van der Waals surface area contributed by atoms with E-state index in [1.807, 2.05) is 13.8 Å². The highest BCUT2D eigenvalue weighted by Gasteiger charge is 2.32. The highest BCUT2D eigenvalue weighted by Crippen LogP contribution is 2.30. The average molecular weight is 252 g/mol. The third kappa shape index (κ3) is 3.47. The van der Waals surface area contributed by atoms with Gasteiger partial charge in [0.25, 0.3) is 0 Å². The molecule has 0 aromatic heterocycles. The number of hydrogen-bond acceptors (Lipinski definition) is 4. The van der Waals surface area contributed by atoms with Crippen LogP contribution in [0.2, 0.25) is 0 Å². The van der Waals surface area contributed by atoms with E-state index in [1.54, 1.807) is 19.1 Å². The van der Waals surface area contributed by atoms with Crippen LogP contribution in [-0.4, -0.2) is 22.8 Å². The van der Waals surface area contributed by atoms with Gasteiger partial charge in [0.1, 0.15) is 5.75 Å². The van der Waals surface area contributed by atoms with E-state index in [9.17, 15) is 15.0 Å². The lowest BCUT2D eigenvalue weighted by atomic mass is 9.86. The summed E-state index contributed by atoms with van der Waals surface area (Å²) in [5, 5.41) is 19.7. The topological polar surface area (TPSA) is 66.8 Å². The second-order valence-electron chi connectivity index (χ2n) is 4.56. The number of aliphatic hydroxyl groups excluding tert-OH is 1. The molecule has 4 heteroatoms. The summed E-state index contributed by atoms with van der Waals surface area (Å²) in [5.74, 6) is -1.03. The molecule has 0 fully saturated rings. The van der Waals surface area contributed by atoms with Crippen LogP contribution in [0.25, 0.3) is 0 Å². The van der Waals surface area contributed by atoms with E-state index in [1.165, 1.54) is 12.1 Å². The molecule has 100 valence electrons. The van der Waals surface area contributed by atoms with Crippen molar-refractivity contribution >= 4 is 5.97 Å². The van der Waals surface area contributed by atoms with Crippen molar-refractivity contribution < 1.29 is 19.7 Å². The Kier molecular flexibility index (Phi) is 5.16. The number of phenols is 1. The molecule has 4 nitrogen and oxygen atoms in total. The molecular formula is C14H20O4. The molecule has 0 saturated carbocycles. The van der Waals surface area contributed by atoms with Crippen LogP contribution in [0.1, 0.15) is 32.4 Å². The van der Waals surface area contributed by atoms with Gasteiger partial charge in [-0.1, -0.05) is 26.0 Å². The smallest absolute Gasteiger partial charge is 0.312 e. The van der Waals surface area contributed by atoms with Crippen LogP contribution >= 0.6 is 0 Å². The van der Waals surface area contributed by atoms with Crippen molar-refractivity contribution in [1.29, 1.82) is 0 Å². The third-order valence-corrected chi connectivity index (χ3v) is 2.83. The third-order valence-electron chi connectivity index (χ3n) is 2.83. The Bertz CT molecular complexity index is 401. The Balaban J connectivity index is 2.96. The number of aromatic hydroxyl groups is 1. The molecule has 0 aliphatic heterocycles. The lowest BCUT2D eigenvalue weighted by Crippen LogP contribution is -2.29. The molecule has 18 heavy (non-hydrogen) atoms. The van der Waals surface area contributed by atoms with Gasteiger partial charge in [-0.2, -0.15) is 0 Å². The molecule has 0 saturated heterocycles. The fourth-order valence-electron chi connectivity index (χ4n) is 1.92. The summed E-state index contributed by atoms with van der Waals surface area (Å²) >= 11 is 0. The number of hydrogen-bond donors (Lipinski definition) is 2. The highest BCUT2D eigenvalue weighted by atomic mass is 16.5. The second kappa shape index (κ2) is 6.40. The van der Waals surface area contributed by atoms with E-state index in [2.05, 4.69) is 0 Å². The van der Waals surface area contributed by atoms with Gasteiger partial charge in [0.2, 0.25) is 0 Å². The standard InChI is InChI=1S/C14H20O4/c1-4-18-14(17)12(9(2)3)13(16)10-6-5-7-11(15)8-10/h5-9,12-13,15-16H,4H2,1-3H3. The summed E-state index contributed by atoms with van der Waals surface area (Å²) in [5.41, 5.74) is 0.516. The van der Waals surface area contributed by atoms with E-state index in [0.29, 0.717) is 5.56 Å². The second-order valence-corrected chi connectivity index (χ2v) is 4.56. The number of ether oxygens (including phenoxy) is 1. The van der Waals surface area contributed by atoms with Crippen molar-refractivity contribution in [3.8, 4) is 5.75 Å². The normalized spacial score (nSPS) is 14.3. The molecular weight excluding hydrogens is 232 g/mol. The minimum Gasteiger partial charge on any atom is -0.508 e. The van der Waals surface area contributed by atoms with E-state index in [-0.39, 0.29) is 18.3 Å². The van der Waals surface area contributed by atoms with Crippen molar-refractivity contribution in [3.05, 3.63) is 29.8 Å². The van der Waals surface area contributed by atoms with Crippen molar-refractivity contribution in [2.45, 2.75) is 26.9 Å². The summed E-state index contributed by atoms with van der Waals surface area (Å²) in [6.07, 6.45) is -0.976. The van der Waals surface area contributed by atoms with Crippen LogP contribution in [-0.2, 0) is 9.53 Å². The molecule has 0 aliphatic carbocycles. The molecule has 0 heterocycles. The van der Waals surface area contributed by atoms with Gasteiger partial charge >= 0.3 is 5.97 Å². The number of phenolic OH excluding ortho intramolecular Hbond substituents is 1. The zero-order valence-corrected chi connectivity index (χ0v) is 11.0. The zero-order valence-electron chi connectivity index (χ0n) is 11.0. The first-order valence-electron chi connectivity index (χ1n) is 6.11. The van der Waals surface area contributed by atoms with E-state index < -0.39 is 18.0 Å². The lowest BCUT2D eigenvalue weighted by molar-refractivity contribution is -0.154. The average Bonchev–Trinajstić information content (AvgIpc) is 2.28. The lowest BCUT2D eigenvalue weighted by Gasteiger charge is -2.24. The number of aliphatic hydroxyl groups is 1. The van der Waals surface area contributed by atoms with E-state index in [4.69, 9.17) is 4.74 Å². The number of rotatable bonds is 5. The summed E-state index contributed by atoms with van der Waals surface area (Å²) in [6.45, 7) is 5.73. The molecule has 2 atom stereocenters. The predicted molar refractivity (Wildman–Crippen MR) is 68.0 cm³/mol. The van der Waals surface area contributed by atoms with Gasteiger partial charge < -0.3 is 14.9 Å². The molecule has 1 aromatic rings. The Hall–Kier alpha value is -1.55. The largest absolute Gasteiger partial charge is 0.508 e. The van der Waals surface area contributed by atoms with Gasteiger partial charge in [-0.05, 0) is 30.5 Å². The number of esters is 1. The fraction of sp³-hybridized carbons (Fsp3) is 0.500. The maximum atomic E-state index is 11.8. The van der Waals surface area contributed by atoms with Crippen LogP contribution < -0.4 is 0 Å². The Labute approximate surface area is 107 Å². The minimum absolute atomic E-state index is 0.0543. The van der Waals surface area contributed by atoms with E-state index >= 15 is 0 Å². The summed E-state index contributed by atoms with van der Waals surface area (Å²) in [4.78, 5) is 11.8. The quantitative estimate of drug-likeness (QED) is 0.789. The summed E-state index contributed by atoms with van der Waals surface area (Å²) in [7, 11) is 0. The molecule has 1 aromatic carbocycles. The van der Waals surface area contributed by atoms with Gasteiger partial charge in [0, 0.05) is 0 Å². The number of carbonyl (C=O) groups excluding carboxylic acids is 1. The number of benzene rings is 1. The molecule has 0 amide bonds. The summed E-state index contributed by atoms with van der Waals surface area (Å²) in [6, 6.07) is 6.29. The first-order valence-corrected chi connectivity index (χ1v) is 6.11. The van der Waals surface area contributed by atoms with Crippen LogP contribution in [0, 0.1) is 11.8 Å². The molecule has 2 unspecified atom stereocenters. The van der Waals surface area contributed by atoms with Crippen molar-refractivity contribution in [2.75, 3.05) is 6.61 Å². The van der Waals surface area contributed by atoms with Gasteiger partial charge in [0.15, 0.2) is 0 Å². The van der Waals surface area contributed by atoms with Gasteiger partial charge in [-0.25, -0.2) is 0 Å². The van der Waals surface area contributed by atoms with Gasteiger partial charge in [-0.15, -0.1) is 0 Å². The van der Waals surface area contributed by atoms with Crippen LogP contribution in [0.15, 0.2) is 24.3 Å². The minimum atomic E-state index is -0.976. The zero-order chi connectivity index (χ0) is 13.7. The van der Waals surface area contributed by atoms with Crippen LogP contribution in [0.5, 0.6) is 5.75 Å². The summed E-state index contributed by atoms with van der Waals surface area (Å²) < 4.78 is 4.98. The molecule has 0 aliphatic rings. The van der Waals surface area contributed by atoms with Crippen LogP contribution in [0.4, 0.5) is 0 Å². The first-order chi connectivity index (χ1) is 8.47. The Morgan fingerprint density at radius 3 is 2.56 bits per heavy atom. The molecule has 0 radical (unpaired) electrons. The van der Waals surface area contributed by atoms with Gasteiger partial charge in [-0.3, -0.25) is 4.79 Å². The molecule has 0 spiro atoms. The molecule has 2 N–H and O–H groups in total.